The number of nitrogens with zero attached hydrogens (tertiary/aromatic N) is 6. The minimum Gasteiger partial charge on any atom is -0.481 e. The molecule has 5 rings (SSSR count). The molecule has 3 aromatic heterocycles. The highest BCUT2D eigenvalue weighted by molar-refractivity contribution is 5.94. The molecule has 1 aliphatic carbocycles. The van der Waals surface area contributed by atoms with Gasteiger partial charge < -0.3 is 9.64 Å². The summed E-state index contributed by atoms with van der Waals surface area (Å²) < 4.78 is 33.5. The molecule has 3 aromatic rings. The quantitative estimate of drug-likeness (QED) is 0.620. The Morgan fingerprint density at radius 2 is 2.03 bits per heavy atom. The highest BCUT2D eigenvalue weighted by atomic mass is 19.3. The largest absolute Gasteiger partial charge is 0.481 e. The van der Waals surface area contributed by atoms with Crippen LogP contribution in [0.5, 0.6) is 5.88 Å². The third-order valence-electron chi connectivity index (χ3n) is 5.99. The molecule has 1 atom stereocenters. The predicted molar refractivity (Wildman–Crippen MR) is 106 cm³/mol. The van der Waals surface area contributed by atoms with E-state index in [-0.39, 0.29) is 23.3 Å². The van der Waals surface area contributed by atoms with Gasteiger partial charge in [0.25, 0.3) is 18.1 Å². The zero-order chi connectivity index (χ0) is 21.5. The first-order valence-electron chi connectivity index (χ1n) is 10.4. The van der Waals surface area contributed by atoms with Crippen molar-refractivity contribution in [1.29, 1.82) is 0 Å². The number of aromatic nitrogens is 5. The fraction of sp³-hybridized carbons (Fsp3) is 0.476. The number of rotatable bonds is 5. The topological polar surface area (TPSA) is 85.5 Å². The van der Waals surface area contributed by atoms with E-state index in [9.17, 15) is 13.6 Å². The molecule has 10 heteroatoms. The highest BCUT2D eigenvalue weighted by Gasteiger charge is 2.31. The first kappa shape index (κ1) is 19.8. The number of carbonyl (C=O) groups is 1. The van der Waals surface area contributed by atoms with Gasteiger partial charge in [0.1, 0.15) is 12.0 Å². The average molecular weight is 428 g/mol. The highest BCUT2D eigenvalue weighted by Crippen LogP contribution is 2.44. The summed E-state index contributed by atoms with van der Waals surface area (Å²) in [7, 11) is 1.58. The van der Waals surface area contributed by atoms with Gasteiger partial charge in [0, 0.05) is 30.8 Å². The number of fused-ring (bicyclic) bond motifs is 1. The molecule has 162 valence electrons. The van der Waals surface area contributed by atoms with Crippen LogP contribution in [-0.2, 0) is 0 Å². The van der Waals surface area contributed by atoms with Crippen LogP contribution in [0, 0.1) is 0 Å². The summed E-state index contributed by atoms with van der Waals surface area (Å²) in [6.07, 6.45) is 3.82. The molecule has 1 amide bonds. The van der Waals surface area contributed by atoms with Crippen molar-refractivity contribution < 1.29 is 18.3 Å². The number of hydrogen-bond acceptors (Lipinski definition) is 6. The molecule has 1 saturated carbocycles. The maximum atomic E-state index is 13.3. The number of pyridine rings is 1. The molecule has 0 spiro atoms. The molecule has 0 bridgehead atoms. The number of carbonyl (C=O) groups excluding carboxylic acids is 1. The molecule has 2 aliphatic rings. The number of ether oxygens (including phenoxy) is 1. The molecule has 31 heavy (non-hydrogen) atoms. The lowest BCUT2D eigenvalue weighted by Gasteiger charge is -2.33. The second kappa shape index (κ2) is 7.82. The van der Waals surface area contributed by atoms with E-state index in [1.807, 2.05) is 6.07 Å². The van der Waals surface area contributed by atoms with E-state index < -0.39 is 6.43 Å². The van der Waals surface area contributed by atoms with Crippen LogP contribution in [0.2, 0.25) is 0 Å². The van der Waals surface area contributed by atoms with Gasteiger partial charge in [-0.2, -0.15) is 10.1 Å². The van der Waals surface area contributed by atoms with Crippen molar-refractivity contribution in [2.75, 3.05) is 20.2 Å². The van der Waals surface area contributed by atoms with Gasteiger partial charge in [-0.05, 0) is 43.7 Å². The molecule has 2 fully saturated rings. The van der Waals surface area contributed by atoms with E-state index in [4.69, 9.17) is 4.74 Å². The summed E-state index contributed by atoms with van der Waals surface area (Å²) in [6, 6.07) is 3.26. The van der Waals surface area contributed by atoms with Gasteiger partial charge in [-0.1, -0.05) is 0 Å². The first-order valence-corrected chi connectivity index (χ1v) is 10.4. The van der Waals surface area contributed by atoms with Crippen LogP contribution < -0.4 is 4.74 Å². The van der Waals surface area contributed by atoms with Crippen LogP contribution in [0.25, 0.3) is 5.78 Å². The molecule has 1 saturated heterocycles. The molecule has 0 aromatic carbocycles. The summed E-state index contributed by atoms with van der Waals surface area (Å²) >= 11 is 0. The predicted octanol–water partition coefficient (Wildman–Crippen LogP) is 3.36. The van der Waals surface area contributed by atoms with Crippen LogP contribution in [0.4, 0.5) is 8.78 Å². The number of hydrogen-bond donors (Lipinski definition) is 0. The maximum Gasteiger partial charge on any atom is 0.280 e. The van der Waals surface area contributed by atoms with Gasteiger partial charge in [0.15, 0.2) is 0 Å². The van der Waals surface area contributed by atoms with Gasteiger partial charge in [0.05, 0.1) is 18.4 Å². The second-order valence-corrected chi connectivity index (χ2v) is 8.07. The van der Waals surface area contributed by atoms with E-state index in [0.717, 1.165) is 31.2 Å². The lowest BCUT2D eigenvalue weighted by atomic mass is 9.93. The Kier molecular flexibility index (Phi) is 4.99. The number of halogens is 2. The number of amides is 1. The van der Waals surface area contributed by atoms with E-state index >= 15 is 0 Å². The van der Waals surface area contributed by atoms with E-state index in [2.05, 4.69) is 20.1 Å². The van der Waals surface area contributed by atoms with Crippen molar-refractivity contribution in [2.45, 2.75) is 43.9 Å². The molecule has 8 nitrogen and oxygen atoms in total. The standard InChI is InChI=1S/C21H22F2N6O2/c1-31-19-15(12-4-5-12)7-14(9-24-19)20(30)28-6-2-3-13(10-28)17-8-16(18(22)23)27-21-25-11-26-29(17)21/h7-9,11-13,18H,2-6,10H2,1H3/t13-/m0/s1. The SMILES string of the molecule is COc1ncc(C(=O)N2CCC[C@H](c3cc(C(F)F)nc4ncnn34)C2)cc1C1CC1. The smallest absolute Gasteiger partial charge is 0.280 e. The van der Waals surface area contributed by atoms with Gasteiger partial charge in [-0.25, -0.2) is 23.3 Å². The van der Waals surface area contributed by atoms with Crippen LogP contribution >= 0.6 is 0 Å². The Balaban J connectivity index is 1.42. The molecular formula is C21H22F2N6O2. The van der Waals surface area contributed by atoms with Crippen molar-refractivity contribution in [3.8, 4) is 5.88 Å². The van der Waals surface area contributed by atoms with Crippen molar-refractivity contribution in [2.24, 2.45) is 0 Å². The number of methoxy groups -OCH3 is 1. The Hall–Kier alpha value is -3.17. The Bertz CT molecular complexity index is 1130. The zero-order valence-corrected chi connectivity index (χ0v) is 17.0. The monoisotopic (exact) mass is 428 g/mol. The molecule has 0 radical (unpaired) electrons. The van der Waals surface area contributed by atoms with Crippen molar-refractivity contribution in [1.82, 2.24) is 29.5 Å². The fourth-order valence-electron chi connectivity index (χ4n) is 4.29. The molecular weight excluding hydrogens is 406 g/mol. The van der Waals surface area contributed by atoms with Crippen LogP contribution in [0.15, 0.2) is 24.7 Å². The second-order valence-electron chi connectivity index (χ2n) is 8.07. The normalized spacial score (nSPS) is 19.2. The summed E-state index contributed by atoms with van der Waals surface area (Å²) in [4.78, 5) is 27.2. The number of piperidine rings is 1. The average Bonchev–Trinajstić information content (AvgIpc) is 3.54. The van der Waals surface area contributed by atoms with Gasteiger partial charge >= 0.3 is 0 Å². The van der Waals surface area contributed by atoms with Crippen molar-refractivity contribution in [3.05, 3.63) is 47.2 Å². The number of alkyl halides is 2. The van der Waals surface area contributed by atoms with E-state index in [0.29, 0.717) is 36.1 Å². The molecule has 1 aliphatic heterocycles. The maximum absolute atomic E-state index is 13.3. The van der Waals surface area contributed by atoms with Gasteiger partial charge in [-0.3, -0.25) is 4.79 Å². The van der Waals surface area contributed by atoms with Gasteiger partial charge in [-0.15, -0.1) is 0 Å². The third kappa shape index (κ3) is 3.70. The van der Waals surface area contributed by atoms with Crippen LogP contribution in [-0.4, -0.2) is 55.6 Å². The Morgan fingerprint density at radius 3 is 2.77 bits per heavy atom. The summed E-state index contributed by atoms with van der Waals surface area (Å²) in [5.74, 6) is 0.857. The van der Waals surface area contributed by atoms with E-state index in [1.165, 1.54) is 16.9 Å². The molecule has 4 heterocycles. The minimum atomic E-state index is -2.70. The Labute approximate surface area is 177 Å². The van der Waals surface area contributed by atoms with Crippen molar-refractivity contribution in [3.63, 3.8) is 0 Å². The Morgan fingerprint density at radius 1 is 1.19 bits per heavy atom. The third-order valence-corrected chi connectivity index (χ3v) is 5.99. The fourth-order valence-corrected chi connectivity index (χ4v) is 4.29. The molecule has 0 N–H and O–H groups in total. The van der Waals surface area contributed by atoms with Crippen LogP contribution in [0.3, 0.4) is 0 Å². The summed E-state index contributed by atoms with van der Waals surface area (Å²) in [5, 5.41) is 4.15. The number of likely N-dealkylation sites (tertiary alicyclic amines) is 1. The lowest BCUT2D eigenvalue weighted by molar-refractivity contribution is 0.0704. The van der Waals surface area contributed by atoms with Crippen molar-refractivity contribution >= 4 is 11.7 Å². The molecule has 0 unspecified atom stereocenters. The zero-order valence-electron chi connectivity index (χ0n) is 17.0. The lowest BCUT2D eigenvalue weighted by Crippen LogP contribution is -2.39. The summed E-state index contributed by atoms with van der Waals surface area (Å²) in [5.41, 5.74) is 1.77. The summed E-state index contributed by atoms with van der Waals surface area (Å²) in [6.45, 7) is 1.01. The minimum absolute atomic E-state index is 0.111. The first-order chi connectivity index (χ1) is 15.0. The van der Waals surface area contributed by atoms with Crippen LogP contribution in [0.1, 0.15) is 71.3 Å². The van der Waals surface area contributed by atoms with Gasteiger partial charge in [0.2, 0.25) is 5.88 Å². The van der Waals surface area contributed by atoms with E-state index in [1.54, 1.807) is 18.2 Å².